The molecule has 1 aromatic carbocycles. The standard InChI is InChI=1S/C12H15NO3S/c1-17-9-11(7-14)13-12(15)16-8-10-5-3-2-4-6-10/h2-7,11H,8-9H2,1H3,(H,13,15)/t11-/m1/s1. The van der Waals surface area contributed by atoms with Crippen LogP contribution in [0.1, 0.15) is 5.56 Å². The maximum atomic E-state index is 11.4. The van der Waals surface area contributed by atoms with Crippen LogP contribution in [-0.4, -0.2) is 30.4 Å². The SMILES string of the molecule is CSC[C@@H](C=O)NC(=O)OCc1ccccc1. The van der Waals surface area contributed by atoms with Gasteiger partial charge in [0.15, 0.2) is 0 Å². The lowest BCUT2D eigenvalue weighted by molar-refractivity contribution is -0.109. The number of carbonyl (C=O) groups excluding carboxylic acids is 2. The zero-order valence-electron chi connectivity index (χ0n) is 9.59. The van der Waals surface area contributed by atoms with E-state index in [1.54, 1.807) is 0 Å². The first-order valence-electron chi connectivity index (χ1n) is 5.17. The molecule has 92 valence electrons. The predicted molar refractivity (Wildman–Crippen MR) is 68.0 cm³/mol. The number of hydrogen-bond donors (Lipinski definition) is 1. The molecule has 0 heterocycles. The van der Waals surface area contributed by atoms with Crippen molar-refractivity contribution < 1.29 is 14.3 Å². The number of amides is 1. The average molecular weight is 253 g/mol. The third-order valence-corrected chi connectivity index (χ3v) is 2.72. The average Bonchev–Trinajstić information content (AvgIpc) is 2.37. The predicted octanol–water partition coefficient (Wildman–Crippen LogP) is 1.84. The van der Waals surface area contributed by atoms with Crippen LogP contribution in [0.3, 0.4) is 0 Å². The van der Waals surface area contributed by atoms with Gasteiger partial charge in [-0.15, -0.1) is 0 Å². The van der Waals surface area contributed by atoms with Crippen molar-refractivity contribution in [3.05, 3.63) is 35.9 Å². The van der Waals surface area contributed by atoms with E-state index < -0.39 is 12.1 Å². The van der Waals surface area contributed by atoms with Crippen molar-refractivity contribution in [3.63, 3.8) is 0 Å². The Kier molecular flexibility index (Phi) is 6.17. The molecule has 1 amide bonds. The summed E-state index contributed by atoms with van der Waals surface area (Å²) in [5, 5.41) is 2.49. The number of nitrogens with one attached hydrogen (secondary N) is 1. The van der Waals surface area contributed by atoms with E-state index in [9.17, 15) is 9.59 Å². The number of rotatable bonds is 6. The van der Waals surface area contributed by atoms with Crippen molar-refractivity contribution in [1.82, 2.24) is 5.32 Å². The van der Waals surface area contributed by atoms with Gasteiger partial charge in [0.1, 0.15) is 12.9 Å². The van der Waals surface area contributed by atoms with Gasteiger partial charge in [-0.2, -0.15) is 11.8 Å². The van der Waals surface area contributed by atoms with Gasteiger partial charge in [-0.1, -0.05) is 30.3 Å². The summed E-state index contributed by atoms with van der Waals surface area (Å²) in [5.41, 5.74) is 0.912. The lowest BCUT2D eigenvalue weighted by Crippen LogP contribution is -2.38. The minimum Gasteiger partial charge on any atom is -0.445 e. The van der Waals surface area contributed by atoms with Gasteiger partial charge in [0, 0.05) is 5.75 Å². The molecule has 1 aromatic rings. The minimum absolute atomic E-state index is 0.206. The molecule has 1 atom stereocenters. The Morgan fingerprint density at radius 3 is 2.76 bits per heavy atom. The molecule has 0 bridgehead atoms. The topological polar surface area (TPSA) is 55.4 Å². The zero-order chi connectivity index (χ0) is 12.5. The van der Waals surface area contributed by atoms with Gasteiger partial charge in [-0.3, -0.25) is 0 Å². The molecule has 0 aromatic heterocycles. The molecule has 0 radical (unpaired) electrons. The second kappa shape index (κ2) is 7.73. The molecule has 4 nitrogen and oxygen atoms in total. The lowest BCUT2D eigenvalue weighted by atomic mass is 10.2. The third-order valence-electron chi connectivity index (χ3n) is 2.03. The molecule has 1 N–H and O–H groups in total. The minimum atomic E-state index is -0.569. The van der Waals surface area contributed by atoms with Crippen LogP contribution in [0.4, 0.5) is 4.79 Å². The van der Waals surface area contributed by atoms with Gasteiger partial charge in [-0.25, -0.2) is 4.79 Å². The van der Waals surface area contributed by atoms with Gasteiger partial charge in [0.25, 0.3) is 0 Å². The van der Waals surface area contributed by atoms with Crippen LogP contribution in [0, 0.1) is 0 Å². The fourth-order valence-electron chi connectivity index (χ4n) is 1.21. The van der Waals surface area contributed by atoms with E-state index >= 15 is 0 Å². The first-order chi connectivity index (χ1) is 8.26. The van der Waals surface area contributed by atoms with Crippen molar-refractivity contribution in [1.29, 1.82) is 0 Å². The molecule has 0 saturated carbocycles. The number of benzene rings is 1. The van der Waals surface area contributed by atoms with Gasteiger partial charge in [0.2, 0.25) is 0 Å². The Morgan fingerprint density at radius 2 is 2.18 bits per heavy atom. The van der Waals surface area contributed by atoms with E-state index in [0.717, 1.165) is 5.56 Å². The fourth-order valence-corrected chi connectivity index (χ4v) is 1.73. The highest BCUT2D eigenvalue weighted by atomic mass is 32.2. The molecule has 0 unspecified atom stereocenters. The summed E-state index contributed by atoms with van der Waals surface area (Å²) in [4.78, 5) is 22.0. The van der Waals surface area contributed by atoms with Crippen LogP contribution in [0.25, 0.3) is 0 Å². The van der Waals surface area contributed by atoms with Crippen molar-refractivity contribution in [2.24, 2.45) is 0 Å². The van der Waals surface area contributed by atoms with Crippen molar-refractivity contribution in [3.8, 4) is 0 Å². The Labute approximate surface area is 105 Å². The molecular formula is C12H15NO3S. The van der Waals surface area contributed by atoms with E-state index in [2.05, 4.69) is 5.32 Å². The molecule has 0 saturated heterocycles. The summed E-state index contributed by atoms with van der Waals surface area (Å²) < 4.78 is 4.99. The number of thioether (sulfide) groups is 1. The number of carbonyl (C=O) groups is 2. The summed E-state index contributed by atoms with van der Waals surface area (Å²) in [7, 11) is 0. The second-order valence-corrected chi connectivity index (χ2v) is 4.31. The number of aldehydes is 1. The van der Waals surface area contributed by atoms with Crippen LogP contribution in [0.5, 0.6) is 0 Å². The molecule has 17 heavy (non-hydrogen) atoms. The van der Waals surface area contributed by atoms with E-state index in [0.29, 0.717) is 12.0 Å². The summed E-state index contributed by atoms with van der Waals surface area (Å²) in [6.07, 6.45) is 2.01. The Bertz CT molecular complexity index is 356. The number of alkyl carbamates (subject to hydrolysis) is 1. The molecule has 0 aliphatic carbocycles. The zero-order valence-corrected chi connectivity index (χ0v) is 10.4. The highest BCUT2D eigenvalue weighted by molar-refractivity contribution is 7.98. The summed E-state index contributed by atoms with van der Waals surface area (Å²) in [6.45, 7) is 0.206. The van der Waals surface area contributed by atoms with Crippen LogP contribution in [0.2, 0.25) is 0 Å². The van der Waals surface area contributed by atoms with E-state index in [1.807, 2.05) is 36.6 Å². The van der Waals surface area contributed by atoms with Gasteiger partial charge < -0.3 is 14.8 Å². The quantitative estimate of drug-likeness (QED) is 0.786. The lowest BCUT2D eigenvalue weighted by Gasteiger charge is -2.11. The molecule has 0 spiro atoms. The highest BCUT2D eigenvalue weighted by Gasteiger charge is 2.11. The van der Waals surface area contributed by atoms with Crippen LogP contribution in [0.15, 0.2) is 30.3 Å². The second-order valence-electron chi connectivity index (χ2n) is 3.40. The Morgan fingerprint density at radius 1 is 1.47 bits per heavy atom. The number of ether oxygens (including phenoxy) is 1. The molecular weight excluding hydrogens is 238 g/mol. The molecule has 5 heteroatoms. The van der Waals surface area contributed by atoms with Crippen LogP contribution < -0.4 is 5.32 Å². The van der Waals surface area contributed by atoms with Crippen molar-refractivity contribution in [2.45, 2.75) is 12.6 Å². The number of hydrogen-bond acceptors (Lipinski definition) is 4. The van der Waals surface area contributed by atoms with Crippen LogP contribution >= 0.6 is 11.8 Å². The normalized spacial score (nSPS) is 11.6. The van der Waals surface area contributed by atoms with E-state index in [1.165, 1.54) is 11.8 Å². The largest absolute Gasteiger partial charge is 0.445 e. The van der Waals surface area contributed by atoms with E-state index in [-0.39, 0.29) is 6.61 Å². The Balaban J connectivity index is 2.32. The molecule has 0 aliphatic rings. The van der Waals surface area contributed by atoms with Crippen molar-refractivity contribution in [2.75, 3.05) is 12.0 Å². The first-order valence-corrected chi connectivity index (χ1v) is 6.57. The fraction of sp³-hybridized carbons (Fsp3) is 0.333. The summed E-state index contributed by atoms with van der Waals surface area (Å²) in [6, 6.07) is 8.88. The van der Waals surface area contributed by atoms with Gasteiger partial charge in [-0.05, 0) is 11.8 Å². The molecule has 0 fully saturated rings. The maximum Gasteiger partial charge on any atom is 0.408 e. The van der Waals surface area contributed by atoms with Gasteiger partial charge in [0.05, 0.1) is 6.04 Å². The molecule has 1 rings (SSSR count). The van der Waals surface area contributed by atoms with Crippen LogP contribution in [-0.2, 0) is 16.1 Å². The molecule has 0 aliphatic heterocycles. The van der Waals surface area contributed by atoms with E-state index in [4.69, 9.17) is 4.74 Å². The smallest absolute Gasteiger partial charge is 0.408 e. The maximum absolute atomic E-state index is 11.4. The highest BCUT2D eigenvalue weighted by Crippen LogP contribution is 2.01. The summed E-state index contributed by atoms with van der Waals surface area (Å²) in [5.74, 6) is 0.546. The monoisotopic (exact) mass is 253 g/mol. The van der Waals surface area contributed by atoms with Gasteiger partial charge >= 0.3 is 6.09 Å². The summed E-state index contributed by atoms with van der Waals surface area (Å²) >= 11 is 1.49. The Hall–Kier alpha value is -1.49. The van der Waals surface area contributed by atoms with Crippen molar-refractivity contribution >= 4 is 24.1 Å². The first kappa shape index (κ1) is 13.6. The third kappa shape index (κ3) is 5.40.